The number of aromatic nitrogens is 3. The number of thiazole rings is 1. The van der Waals surface area contributed by atoms with Gasteiger partial charge in [-0.15, -0.1) is 0 Å². The summed E-state index contributed by atoms with van der Waals surface area (Å²) in [5, 5.41) is 12.3. The zero-order valence-electron chi connectivity index (χ0n) is 23.5. The molecule has 43 heavy (non-hydrogen) atoms. The van der Waals surface area contributed by atoms with Crippen molar-refractivity contribution in [2.75, 3.05) is 20.8 Å². The van der Waals surface area contributed by atoms with Crippen LogP contribution in [0, 0.1) is 10.1 Å². The molecule has 1 aliphatic heterocycles. The number of nitro groups is 1. The summed E-state index contributed by atoms with van der Waals surface area (Å²) < 4.78 is 18.1. The zero-order chi connectivity index (χ0) is 30.7. The second-order valence-corrected chi connectivity index (χ2v) is 11.0. The molecule has 0 bridgehead atoms. The van der Waals surface area contributed by atoms with Crippen molar-refractivity contribution in [3.05, 3.63) is 107 Å². The lowest BCUT2D eigenvalue weighted by atomic mass is 9.94. The molecule has 0 N–H and O–H groups in total. The van der Waals surface area contributed by atoms with Crippen LogP contribution in [-0.4, -0.2) is 46.3 Å². The molecule has 0 saturated carbocycles. The van der Waals surface area contributed by atoms with Crippen LogP contribution in [0.5, 0.6) is 11.5 Å². The molecule has 0 fully saturated rings. The fourth-order valence-corrected chi connectivity index (χ4v) is 6.42. The highest BCUT2D eigenvalue weighted by atomic mass is 32.2. The van der Waals surface area contributed by atoms with Gasteiger partial charge in [0, 0.05) is 24.0 Å². The number of nitro benzene ring substituents is 1. The van der Waals surface area contributed by atoms with Crippen LogP contribution in [0.3, 0.4) is 0 Å². The van der Waals surface area contributed by atoms with E-state index in [9.17, 15) is 19.7 Å². The molecule has 220 valence electrons. The highest BCUT2D eigenvalue weighted by Crippen LogP contribution is 2.38. The van der Waals surface area contributed by atoms with Gasteiger partial charge >= 0.3 is 5.97 Å². The minimum atomic E-state index is -0.929. The van der Waals surface area contributed by atoms with Gasteiger partial charge in [0.25, 0.3) is 11.2 Å². The Morgan fingerprint density at radius 3 is 2.60 bits per heavy atom. The minimum Gasteiger partial charge on any atom is -0.497 e. The number of fused-ring (bicyclic) bond motifs is 1. The number of benzene rings is 2. The summed E-state index contributed by atoms with van der Waals surface area (Å²) in [6, 6.07) is 10.5. The SMILES string of the molecule is CCOC(=O)C1=C(C)N=c2s/c(=C/c3ccc(Sc4ncccn4)c([N+](=O)[O-])c3)c(=O)n2[C@@H]1c1cc(OC)ccc1OC. The maximum absolute atomic E-state index is 14.0. The molecule has 0 radical (unpaired) electrons. The lowest BCUT2D eigenvalue weighted by Gasteiger charge is -2.26. The molecule has 1 atom stereocenters. The van der Waals surface area contributed by atoms with Crippen LogP contribution in [0.2, 0.25) is 0 Å². The molecule has 0 aliphatic carbocycles. The summed E-state index contributed by atoms with van der Waals surface area (Å²) in [5.74, 6) is 0.323. The summed E-state index contributed by atoms with van der Waals surface area (Å²) in [5.41, 5.74) is 0.929. The summed E-state index contributed by atoms with van der Waals surface area (Å²) in [4.78, 5) is 52.2. The van der Waals surface area contributed by atoms with E-state index in [4.69, 9.17) is 14.2 Å². The Morgan fingerprint density at radius 2 is 1.93 bits per heavy atom. The van der Waals surface area contributed by atoms with E-state index in [-0.39, 0.29) is 22.4 Å². The average molecular weight is 620 g/mol. The number of methoxy groups -OCH3 is 2. The number of hydrogen-bond donors (Lipinski definition) is 0. The third-order valence-corrected chi connectivity index (χ3v) is 8.41. The second-order valence-electron chi connectivity index (χ2n) is 9.03. The fraction of sp³-hybridized carbons (Fsp3) is 0.207. The molecule has 0 amide bonds. The summed E-state index contributed by atoms with van der Waals surface area (Å²) in [7, 11) is 3.01. The van der Waals surface area contributed by atoms with Gasteiger partial charge in [-0.05, 0) is 67.6 Å². The lowest BCUT2D eigenvalue weighted by molar-refractivity contribution is -0.387. The Hall–Kier alpha value is -4.82. The number of esters is 1. The first-order valence-corrected chi connectivity index (χ1v) is 14.5. The number of hydrogen-bond acceptors (Lipinski definition) is 12. The second kappa shape index (κ2) is 12.6. The van der Waals surface area contributed by atoms with Gasteiger partial charge in [0.1, 0.15) is 17.5 Å². The number of rotatable bonds is 9. The third-order valence-electron chi connectivity index (χ3n) is 6.47. The molecule has 5 rings (SSSR count). The van der Waals surface area contributed by atoms with Crippen LogP contribution in [-0.2, 0) is 9.53 Å². The maximum atomic E-state index is 14.0. The van der Waals surface area contributed by atoms with Crippen molar-refractivity contribution in [3.8, 4) is 11.5 Å². The van der Waals surface area contributed by atoms with Crippen LogP contribution >= 0.6 is 23.1 Å². The number of carbonyl (C=O) groups is 1. The minimum absolute atomic E-state index is 0.130. The predicted octanol–water partition coefficient (Wildman–Crippen LogP) is 3.66. The van der Waals surface area contributed by atoms with Gasteiger partial charge in [-0.1, -0.05) is 17.4 Å². The monoisotopic (exact) mass is 619 g/mol. The van der Waals surface area contributed by atoms with Gasteiger partial charge in [0.15, 0.2) is 9.96 Å². The van der Waals surface area contributed by atoms with Crippen molar-refractivity contribution >= 4 is 40.8 Å². The first kappa shape index (κ1) is 29.7. The van der Waals surface area contributed by atoms with Crippen molar-refractivity contribution in [2.24, 2.45) is 4.99 Å². The normalized spacial score (nSPS) is 14.6. The average Bonchev–Trinajstić information content (AvgIpc) is 3.31. The predicted molar refractivity (Wildman–Crippen MR) is 159 cm³/mol. The third kappa shape index (κ3) is 5.92. The van der Waals surface area contributed by atoms with Crippen molar-refractivity contribution in [1.29, 1.82) is 0 Å². The van der Waals surface area contributed by atoms with E-state index in [0.717, 1.165) is 23.1 Å². The van der Waals surface area contributed by atoms with Gasteiger partial charge in [-0.25, -0.2) is 19.8 Å². The molecule has 0 unspecified atom stereocenters. The maximum Gasteiger partial charge on any atom is 0.338 e. The Kier molecular flexibility index (Phi) is 8.68. The van der Waals surface area contributed by atoms with Gasteiger partial charge in [-0.3, -0.25) is 19.5 Å². The van der Waals surface area contributed by atoms with Crippen LogP contribution in [0.25, 0.3) is 6.08 Å². The molecule has 14 heteroatoms. The summed E-state index contributed by atoms with van der Waals surface area (Å²) >= 11 is 2.17. The van der Waals surface area contributed by atoms with E-state index in [0.29, 0.717) is 43.2 Å². The molecule has 2 aromatic heterocycles. The van der Waals surface area contributed by atoms with Crippen LogP contribution in [0.4, 0.5) is 5.69 Å². The number of allylic oxidation sites excluding steroid dienone is 1. The van der Waals surface area contributed by atoms with Gasteiger partial charge in [0.05, 0.1) is 46.4 Å². The Balaban J connectivity index is 1.67. The van der Waals surface area contributed by atoms with Crippen molar-refractivity contribution in [2.45, 2.75) is 29.9 Å². The molecule has 4 aromatic rings. The first-order valence-electron chi connectivity index (χ1n) is 12.9. The van der Waals surface area contributed by atoms with Crippen LogP contribution < -0.4 is 24.4 Å². The largest absolute Gasteiger partial charge is 0.497 e. The number of carbonyl (C=O) groups excluding carboxylic acids is 1. The van der Waals surface area contributed by atoms with Gasteiger partial charge in [-0.2, -0.15) is 0 Å². The number of nitrogens with zero attached hydrogens (tertiary/aromatic N) is 5. The molecule has 12 nitrogen and oxygen atoms in total. The molecule has 0 spiro atoms. The van der Waals surface area contributed by atoms with E-state index >= 15 is 0 Å². The molecule has 1 aliphatic rings. The van der Waals surface area contributed by atoms with Gasteiger partial charge in [0.2, 0.25) is 0 Å². The van der Waals surface area contributed by atoms with E-state index in [1.807, 2.05) is 0 Å². The highest BCUT2D eigenvalue weighted by Gasteiger charge is 2.35. The fourth-order valence-electron chi connectivity index (χ4n) is 4.58. The van der Waals surface area contributed by atoms with Crippen LogP contribution in [0.15, 0.2) is 86.0 Å². The van der Waals surface area contributed by atoms with Crippen LogP contribution in [0.1, 0.15) is 31.0 Å². The molecule has 3 heterocycles. The van der Waals surface area contributed by atoms with Crippen molar-refractivity contribution in [3.63, 3.8) is 0 Å². The molecular weight excluding hydrogens is 594 g/mol. The summed E-state index contributed by atoms with van der Waals surface area (Å²) in [6.45, 7) is 3.50. The van der Waals surface area contributed by atoms with E-state index < -0.39 is 22.5 Å². The quantitative estimate of drug-likeness (QED) is 0.118. The van der Waals surface area contributed by atoms with Gasteiger partial charge < -0.3 is 14.2 Å². The van der Waals surface area contributed by atoms with Crippen molar-refractivity contribution < 1.29 is 23.9 Å². The molecular formula is C29H25N5O7S2. The number of ether oxygens (including phenoxy) is 3. The summed E-state index contributed by atoms with van der Waals surface area (Å²) in [6.07, 6.45) is 4.67. The smallest absolute Gasteiger partial charge is 0.338 e. The van der Waals surface area contributed by atoms with Crippen molar-refractivity contribution in [1.82, 2.24) is 14.5 Å². The Bertz CT molecular complexity index is 1940. The molecule has 0 saturated heterocycles. The standard InChI is InChI=1S/C29H25N5O7S2/c1-5-41-27(36)24-16(2)32-29-33(25(24)19-15-18(39-3)8-9-21(19)40-4)26(35)23(43-29)14-17-7-10-22(20(13-17)34(37)38)42-28-30-11-6-12-31-28/h6-15,25H,5H2,1-4H3/b23-14+/t25-/m1/s1. The van der Waals surface area contributed by atoms with E-state index in [2.05, 4.69) is 15.0 Å². The highest BCUT2D eigenvalue weighted by molar-refractivity contribution is 7.99. The zero-order valence-corrected chi connectivity index (χ0v) is 25.1. The Morgan fingerprint density at radius 1 is 1.16 bits per heavy atom. The lowest BCUT2D eigenvalue weighted by Crippen LogP contribution is -2.40. The van der Waals surface area contributed by atoms with E-state index in [1.54, 1.807) is 68.7 Å². The first-order chi connectivity index (χ1) is 20.7. The van der Waals surface area contributed by atoms with E-state index in [1.165, 1.54) is 24.9 Å². The molecule has 2 aromatic carbocycles. The topological polar surface area (TPSA) is 148 Å². The Labute approximate surface area is 253 Å².